The lowest BCUT2D eigenvalue weighted by molar-refractivity contribution is -0.384. The fourth-order valence-electron chi connectivity index (χ4n) is 4.62. The number of carbonyl (C=O) groups is 1. The van der Waals surface area contributed by atoms with Gasteiger partial charge in [0.2, 0.25) is 16.9 Å². The Morgan fingerprint density at radius 2 is 1.79 bits per heavy atom. The number of aromatic hydroxyl groups is 2. The molecule has 0 aliphatic rings. The van der Waals surface area contributed by atoms with Crippen LogP contribution < -0.4 is 9.74 Å². The van der Waals surface area contributed by atoms with Crippen molar-refractivity contribution in [3.8, 4) is 11.8 Å². The van der Waals surface area contributed by atoms with Crippen molar-refractivity contribution in [3.05, 3.63) is 76.8 Å². The molecule has 13 heteroatoms. The second-order valence-corrected chi connectivity index (χ2v) is 10.5. The summed E-state index contributed by atoms with van der Waals surface area (Å²) in [5, 5.41) is 41.5. The maximum atomic E-state index is 12.1. The van der Waals surface area contributed by atoms with Crippen molar-refractivity contribution < 1.29 is 24.8 Å². The molecule has 0 amide bonds. The van der Waals surface area contributed by atoms with Crippen molar-refractivity contribution >= 4 is 60.5 Å². The number of rotatable bonds is 12. The molecule has 0 saturated carbocycles. The number of nitro groups is 1. The number of nitrogens with zero attached hydrogens (tertiary/aromatic N) is 6. The van der Waals surface area contributed by atoms with Crippen LogP contribution in [0.4, 0.5) is 22.2 Å². The highest BCUT2D eigenvalue weighted by molar-refractivity contribution is 7.21. The molecule has 0 radical (unpaired) electrons. The first-order valence-corrected chi connectivity index (χ1v) is 14.2. The van der Waals surface area contributed by atoms with E-state index in [0.29, 0.717) is 32.2 Å². The van der Waals surface area contributed by atoms with E-state index >= 15 is 0 Å². The van der Waals surface area contributed by atoms with Crippen LogP contribution in [-0.4, -0.2) is 43.9 Å². The van der Waals surface area contributed by atoms with Gasteiger partial charge in [-0.2, -0.15) is 0 Å². The number of carbonyl (C=O) groups excluding carboxylic acids is 1. The molecule has 0 spiro atoms. The Hall–Kier alpha value is -5.04. The summed E-state index contributed by atoms with van der Waals surface area (Å²) in [7, 11) is 0. The van der Waals surface area contributed by atoms with Crippen molar-refractivity contribution in [2.75, 3.05) is 18.0 Å². The molecule has 0 bridgehead atoms. The summed E-state index contributed by atoms with van der Waals surface area (Å²) >= 11 is 1.25. The fraction of sp³-hybridized carbons (Fsp3) is 0.241. The molecule has 0 atom stereocenters. The van der Waals surface area contributed by atoms with Crippen LogP contribution in [0.15, 0.2) is 77.0 Å². The van der Waals surface area contributed by atoms with Gasteiger partial charge in [-0.3, -0.25) is 10.1 Å². The molecule has 0 fully saturated rings. The second kappa shape index (κ2) is 12.6. The number of azo groups is 1. The minimum atomic E-state index is -0.535. The van der Waals surface area contributed by atoms with Gasteiger partial charge in [0.15, 0.2) is 0 Å². The third-order valence-corrected chi connectivity index (χ3v) is 7.62. The van der Waals surface area contributed by atoms with Crippen LogP contribution in [0, 0.1) is 10.1 Å². The number of nitro benzene ring substituents is 1. The molecule has 0 saturated heterocycles. The number of non-ortho nitro benzene ring substituents is 1. The molecular formula is C29H28N6O6S. The summed E-state index contributed by atoms with van der Waals surface area (Å²) in [4.78, 5) is 34.4. The predicted octanol–water partition coefficient (Wildman–Crippen LogP) is 7.03. The molecule has 42 heavy (non-hydrogen) atoms. The number of fused-ring (bicyclic) bond motifs is 2. The summed E-state index contributed by atoms with van der Waals surface area (Å²) in [6.45, 7) is 3.66. The predicted molar refractivity (Wildman–Crippen MR) is 160 cm³/mol. The van der Waals surface area contributed by atoms with Crippen LogP contribution in [0.2, 0.25) is 0 Å². The Bertz CT molecular complexity index is 1760. The largest absolute Gasteiger partial charge is 0.492 e. The van der Waals surface area contributed by atoms with Crippen LogP contribution in [-0.2, 0) is 4.79 Å². The van der Waals surface area contributed by atoms with E-state index < -0.39 is 10.9 Å². The zero-order chi connectivity index (χ0) is 29.6. The van der Waals surface area contributed by atoms with Gasteiger partial charge in [-0.1, -0.05) is 42.0 Å². The van der Waals surface area contributed by atoms with E-state index in [2.05, 4.69) is 27.0 Å². The van der Waals surface area contributed by atoms with Crippen molar-refractivity contribution in [2.24, 2.45) is 10.2 Å². The molecule has 216 valence electrons. The van der Waals surface area contributed by atoms with E-state index in [9.17, 15) is 25.1 Å². The summed E-state index contributed by atoms with van der Waals surface area (Å²) in [6.07, 6.45) is 2.42. The zero-order valence-corrected chi connectivity index (χ0v) is 23.5. The number of unbranched alkanes of at least 4 members (excludes halogenated alkanes) is 2. The maximum Gasteiger partial charge on any atom is 0.333 e. The highest BCUT2D eigenvalue weighted by atomic mass is 32.1. The lowest BCUT2D eigenvalue weighted by atomic mass is 10.1. The van der Waals surface area contributed by atoms with Crippen LogP contribution in [0.1, 0.15) is 32.6 Å². The smallest absolute Gasteiger partial charge is 0.333 e. The SMILES string of the molecule is CCN(CCCCCC(=O)On1c(O)ccc1O)c1ccc(N=Nc2nc3ccc([N+](=O)[O-])cc3s2)c2ccccc12. The van der Waals surface area contributed by atoms with Crippen LogP contribution in [0.25, 0.3) is 21.0 Å². The van der Waals surface area contributed by atoms with Crippen LogP contribution in [0.5, 0.6) is 11.8 Å². The van der Waals surface area contributed by atoms with E-state index in [-0.39, 0.29) is 23.9 Å². The summed E-state index contributed by atoms with van der Waals surface area (Å²) in [5.41, 5.74) is 2.40. The van der Waals surface area contributed by atoms with Gasteiger partial charge in [0.1, 0.15) is 0 Å². The zero-order valence-electron chi connectivity index (χ0n) is 22.7. The average Bonchev–Trinajstić information content (AvgIpc) is 3.55. The Balaban J connectivity index is 1.23. The quantitative estimate of drug-likeness (QED) is 0.0681. The molecule has 0 unspecified atom stereocenters. The standard InChI is InChI=1S/C29H28N6O6S/c1-2-33(17-7-3-4-10-28(38)41-34-26(36)15-16-27(34)37)24-14-13-22(20-8-5-6-9-21(20)24)31-32-29-30-23-12-11-19(35(39)40)18-25(23)42-29/h5-6,8-9,11-16,18,36-37H,2-4,7,10,17H2,1H3. The molecule has 3 aromatic carbocycles. The molecule has 2 heterocycles. The van der Waals surface area contributed by atoms with Crippen molar-refractivity contribution in [2.45, 2.75) is 32.6 Å². The number of anilines is 1. The molecule has 12 nitrogen and oxygen atoms in total. The average molecular weight is 589 g/mol. The first-order chi connectivity index (χ1) is 20.3. The maximum absolute atomic E-state index is 12.1. The summed E-state index contributed by atoms with van der Waals surface area (Å²) in [5.74, 6) is -1.22. The van der Waals surface area contributed by atoms with Crippen molar-refractivity contribution in [1.82, 2.24) is 9.71 Å². The summed E-state index contributed by atoms with van der Waals surface area (Å²) in [6, 6.07) is 18.9. The minimum absolute atomic E-state index is 0.00865. The number of aromatic nitrogens is 2. The lowest BCUT2D eigenvalue weighted by Crippen LogP contribution is -2.24. The van der Waals surface area contributed by atoms with Gasteiger partial charge < -0.3 is 20.0 Å². The normalized spacial score (nSPS) is 11.5. The lowest BCUT2D eigenvalue weighted by Gasteiger charge is -2.25. The molecule has 2 N–H and O–H groups in total. The third-order valence-electron chi connectivity index (χ3n) is 6.71. The Morgan fingerprint density at radius 3 is 2.52 bits per heavy atom. The van der Waals surface area contributed by atoms with E-state index in [1.54, 1.807) is 6.07 Å². The van der Waals surface area contributed by atoms with Crippen molar-refractivity contribution in [3.63, 3.8) is 0 Å². The molecule has 2 aromatic heterocycles. The van der Waals surface area contributed by atoms with Gasteiger partial charge in [0, 0.05) is 60.2 Å². The van der Waals surface area contributed by atoms with Crippen molar-refractivity contribution in [1.29, 1.82) is 0 Å². The van der Waals surface area contributed by atoms with Gasteiger partial charge in [-0.15, -0.1) is 15.0 Å². The third kappa shape index (κ3) is 6.31. The van der Waals surface area contributed by atoms with E-state index in [4.69, 9.17) is 4.84 Å². The monoisotopic (exact) mass is 588 g/mol. The molecular weight excluding hydrogens is 560 g/mol. The minimum Gasteiger partial charge on any atom is -0.492 e. The van der Waals surface area contributed by atoms with E-state index in [0.717, 1.165) is 42.4 Å². The van der Waals surface area contributed by atoms with E-state index in [1.807, 2.05) is 36.4 Å². The highest BCUT2D eigenvalue weighted by Gasteiger charge is 2.14. The van der Waals surface area contributed by atoms with Crippen LogP contribution in [0.3, 0.4) is 0 Å². The van der Waals surface area contributed by atoms with Gasteiger partial charge >= 0.3 is 5.97 Å². The second-order valence-electron chi connectivity index (χ2n) is 9.45. The number of hydrogen-bond donors (Lipinski definition) is 2. The molecule has 5 aromatic rings. The van der Waals surface area contributed by atoms with Gasteiger partial charge in [-0.05, 0) is 38.0 Å². The molecule has 5 rings (SSSR count). The Kier molecular flexibility index (Phi) is 8.58. The highest BCUT2D eigenvalue weighted by Crippen LogP contribution is 2.36. The van der Waals surface area contributed by atoms with Gasteiger partial charge in [0.05, 0.1) is 20.8 Å². The molecule has 0 aliphatic heterocycles. The van der Waals surface area contributed by atoms with Gasteiger partial charge in [-0.25, -0.2) is 9.78 Å². The number of benzene rings is 3. The van der Waals surface area contributed by atoms with E-state index in [1.165, 1.54) is 35.6 Å². The Labute approximate surface area is 244 Å². The number of hydrogen-bond acceptors (Lipinski definition) is 11. The molecule has 0 aliphatic carbocycles. The first-order valence-electron chi connectivity index (χ1n) is 13.4. The topological polar surface area (TPSA) is 156 Å². The number of thiazole rings is 1. The van der Waals surface area contributed by atoms with Gasteiger partial charge in [0.25, 0.3) is 5.69 Å². The summed E-state index contributed by atoms with van der Waals surface area (Å²) < 4.78 is 1.37. The first kappa shape index (κ1) is 28.5. The van der Waals surface area contributed by atoms with Crippen LogP contribution >= 0.6 is 11.3 Å². The Morgan fingerprint density at radius 1 is 1.02 bits per heavy atom. The fourth-order valence-corrected chi connectivity index (χ4v) is 5.45.